The van der Waals surface area contributed by atoms with E-state index in [1.165, 1.54) is 0 Å². The van der Waals surface area contributed by atoms with Crippen molar-refractivity contribution in [2.24, 2.45) is 5.41 Å². The number of aromatic nitrogens is 2. The monoisotopic (exact) mass is 742 g/mol. The number of fused-ring (bicyclic) bond motifs is 3. The molecular formula is C40H46N4O8S. The number of nitrogens with one attached hydrogen (secondary N) is 1. The van der Waals surface area contributed by atoms with Crippen molar-refractivity contribution in [2.75, 3.05) is 11.1 Å². The van der Waals surface area contributed by atoms with Gasteiger partial charge in [0, 0.05) is 71.9 Å². The van der Waals surface area contributed by atoms with Gasteiger partial charge in [-0.1, -0.05) is 45.9 Å². The molecule has 0 atom stereocenters. The van der Waals surface area contributed by atoms with Gasteiger partial charge in [-0.15, -0.1) is 5.06 Å². The number of hydrogen-bond acceptors (Lipinski definition) is 9. The van der Waals surface area contributed by atoms with Crippen LogP contribution in [0.3, 0.4) is 0 Å². The molecule has 2 N–H and O–H groups in total. The average molecular weight is 743 g/mol. The lowest BCUT2D eigenvalue weighted by Gasteiger charge is -2.33. The summed E-state index contributed by atoms with van der Waals surface area (Å²) in [5, 5.41) is 5.64. The zero-order valence-corrected chi connectivity index (χ0v) is 31.9. The van der Waals surface area contributed by atoms with Gasteiger partial charge in [0.05, 0.1) is 5.54 Å². The maximum Gasteiger partial charge on any atom is 0.333 e. The Labute approximate surface area is 309 Å². The van der Waals surface area contributed by atoms with E-state index < -0.39 is 39.2 Å². The third-order valence-corrected chi connectivity index (χ3v) is 9.93. The van der Waals surface area contributed by atoms with Crippen LogP contribution in [0.5, 0.6) is 11.5 Å². The summed E-state index contributed by atoms with van der Waals surface area (Å²) < 4.78 is 42.9. The number of hydroxylamine groups is 2. The molecule has 3 aliphatic heterocycles. The minimum absolute atomic E-state index is 0.0461. The number of rotatable bonds is 11. The Bertz CT molecular complexity index is 2300. The van der Waals surface area contributed by atoms with Crippen molar-refractivity contribution in [2.45, 2.75) is 92.2 Å². The van der Waals surface area contributed by atoms with Crippen molar-refractivity contribution in [1.29, 1.82) is 0 Å². The number of amides is 2. The van der Waals surface area contributed by atoms with Gasteiger partial charge in [-0.25, -0.2) is 9.78 Å². The van der Waals surface area contributed by atoms with Crippen LogP contribution in [0.4, 0.5) is 5.69 Å². The summed E-state index contributed by atoms with van der Waals surface area (Å²) >= 11 is 0. The van der Waals surface area contributed by atoms with Gasteiger partial charge in [0.2, 0.25) is 0 Å². The number of imide groups is 1. The number of aryl methyl sites for hydroxylation is 1. The topological polar surface area (TPSA) is 157 Å². The fourth-order valence-corrected chi connectivity index (χ4v) is 7.82. The van der Waals surface area contributed by atoms with Crippen LogP contribution in [-0.4, -0.2) is 56.7 Å². The summed E-state index contributed by atoms with van der Waals surface area (Å²) in [5.74, 6) is -0.343. The molecule has 2 amide bonds. The second kappa shape index (κ2) is 14.1. The van der Waals surface area contributed by atoms with Crippen molar-refractivity contribution in [3.63, 3.8) is 0 Å². The Morgan fingerprint density at radius 1 is 1.08 bits per heavy atom. The van der Waals surface area contributed by atoms with E-state index in [0.717, 1.165) is 27.1 Å². The summed E-state index contributed by atoms with van der Waals surface area (Å²) in [6, 6.07) is 7.77. The summed E-state index contributed by atoms with van der Waals surface area (Å²) in [6.45, 7) is 17.3. The Kier molecular flexibility index (Phi) is 10.0. The number of imidazole rings is 1. The molecule has 0 saturated carbocycles. The van der Waals surface area contributed by atoms with E-state index in [-0.39, 0.29) is 24.7 Å². The zero-order chi connectivity index (χ0) is 38.5. The fraction of sp³-hybridized carbons (Fsp3) is 0.400. The summed E-state index contributed by atoms with van der Waals surface area (Å²) in [7, 11) is -4.34. The van der Waals surface area contributed by atoms with E-state index >= 15 is 0 Å². The van der Waals surface area contributed by atoms with E-state index in [0.29, 0.717) is 70.6 Å². The number of ether oxygens (including phenoxy) is 1. The molecule has 53 heavy (non-hydrogen) atoms. The predicted molar refractivity (Wildman–Crippen MR) is 202 cm³/mol. The first-order chi connectivity index (χ1) is 24.8. The maximum absolute atomic E-state index is 12.3. The zero-order valence-electron chi connectivity index (χ0n) is 31.0. The first-order valence-electron chi connectivity index (χ1n) is 17.8. The molecule has 3 aromatic rings. The van der Waals surface area contributed by atoms with Gasteiger partial charge in [0.15, 0.2) is 0 Å². The Balaban J connectivity index is 1.39. The van der Waals surface area contributed by atoms with Gasteiger partial charge in [0.25, 0.3) is 21.9 Å². The van der Waals surface area contributed by atoms with E-state index in [9.17, 15) is 27.4 Å². The van der Waals surface area contributed by atoms with Gasteiger partial charge in [0.1, 0.15) is 23.1 Å². The summed E-state index contributed by atoms with van der Waals surface area (Å²) in [5.41, 5.74) is 4.62. The van der Waals surface area contributed by atoms with Crippen LogP contribution in [0.1, 0.15) is 103 Å². The number of anilines is 1. The van der Waals surface area contributed by atoms with Gasteiger partial charge in [-0.3, -0.25) is 14.1 Å². The molecule has 0 radical (unpaired) electrons. The number of nitrogens with zero attached hydrogens (tertiary/aromatic N) is 3. The molecule has 0 unspecified atom stereocenters. The van der Waals surface area contributed by atoms with Gasteiger partial charge in [-0.05, 0) is 79.2 Å². The average Bonchev–Trinajstić information content (AvgIpc) is 3.62. The molecule has 6 rings (SSSR count). The highest BCUT2D eigenvalue weighted by molar-refractivity contribution is 7.86. The number of allylic oxidation sites excluding steroid dienone is 2. The number of benzene rings is 2. The van der Waals surface area contributed by atoms with Crippen LogP contribution < -0.4 is 20.5 Å². The first-order valence-corrected chi connectivity index (χ1v) is 19.4. The number of unbranched alkanes of at least 4 members (excludes halogenated alkanes) is 2. The molecule has 3 aliphatic rings. The van der Waals surface area contributed by atoms with Crippen molar-refractivity contribution in [1.82, 2.24) is 14.6 Å². The third-order valence-electron chi connectivity index (χ3n) is 9.25. The first kappa shape index (κ1) is 37.7. The summed E-state index contributed by atoms with van der Waals surface area (Å²) in [6.07, 6.45) is 9.67. The molecule has 1 fully saturated rings. The Morgan fingerprint density at radius 2 is 1.79 bits per heavy atom. The molecule has 2 aromatic carbocycles. The second-order valence-corrected chi connectivity index (χ2v) is 17.1. The lowest BCUT2D eigenvalue weighted by Crippen LogP contribution is -2.33. The van der Waals surface area contributed by atoms with Crippen molar-refractivity contribution in [3.05, 3.63) is 81.8 Å². The standard InChI is InChI=1S/C40H46N4O8S/c1-24-17-32-29(18-27(24)25(2)21-39(3,4)5)37(30-19-28-26(23-53(48,49)50)22-40(6,7)42-31(28)20-33(30)51-32)38-41-14-16-43(38)15-10-8-9-11-36(47)52-44-34(45)12-13-35(44)46/h14,16-22,42H,1,8-13,15,23H2,2-7H3,(H,48,49,50)/b25-21-. The Morgan fingerprint density at radius 3 is 2.47 bits per heavy atom. The van der Waals surface area contributed by atoms with Crippen LogP contribution in [0, 0.1) is 5.41 Å². The van der Waals surface area contributed by atoms with Crippen molar-refractivity contribution >= 4 is 56.9 Å². The predicted octanol–water partition coefficient (Wildman–Crippen LogP) is 5.74. The highest BCUT2D eigenvalue weighted by Crippen LogP contribution is 2.44. The highest BCUT2D eigenvalue weighted by atomic mass is 32.2. The van der Waals surface area contributed by atoms with Crippen LogP contribution in [0.2, 0.25) is 0 Å². The molecule has 1 saturated heterocycles. The fourth-order valence-electron chi connectivity index (χ4n) is 7.19. The van der Waals surface area contributed by atoms with Gasteiger partial charge in [-0.2, -0.15) is 8.42 Å². The van der Waals surface area contributed by atoms with E-state index in [1.54, 1.807) is 6.20 Å². The SMILES string of the molecule is C=c1cc2c(cc1/C(C)=C\C(C)(C)C)=C(c1nccn1CCCCCC(=O)ON1C(=O)CCC1=O)c1cc3c(cc1O2)NC(C)(C)C=C3CS(=O)(=O)O. The van der Waals surface area contributed by atoms with E-state index in [2.05, 4.69) is 51.7 Å². The van der Waals surface area contributed by atoms with Crippen molar-refractivity contribution < 1.29 is 36.9 Å². The maximum atomic E-state index is 12.3. The van der Waals surface area contributed by atoms with Crippen LogP contribution in [-0.2, 0) is 35.9 Å². The molecule has 12 nitrogen and oxygen atoms in total. The van der Waals surface area contributed by atoms with E-state index in [4.69, 9.17) is 14.6 Å². The lowest BCUT2D eigenvalue weighted by molar-refractivity contribution is -0.197. The third kappa shape index (κ3) is 8.47. The molecule has 1 aromatic heterocycles. The minimum Gasteiger partial charge on any atom is -0.456 e. The van der Waals surface area contributed by atoms with E-state index in [1.807, 2.05) is 48.9 Å². The molecular weight excluding hydrogens is 697 g/mol. The number of carbonyl (C=O) groups excluding carboxylic acids is 3. The molecule has 13 heteroatoms. The molecule has 0 aliphatic carbocycles. The number of hydrogen-bond donors (Lipinski definition) is 2. The minimum atomic E-state index is -4.34. The second-order valence-electron chi connectivity index (χ2n) is 15.6. The highest BCUT2D eigenvalue weighted by Gasteiger charge is 2.33. The quantitative estimate of drug-likeness (QED) is 0.110. The summed E-state index contributed by atoms with van der Waals surface area (Å²) in [4.78, 5) is 45.8. The van der Waals surface area contributed by atoms with Gasteiger partial charge >= 0.3 is 5.97 Å². The molecule has 0 spiro atoms. The molecule has 280 valence electrons. The molecule has 0 bridgehead atoms. The van der Waals surface area contributed by atoms with Crippen molar-refractivity contribution in [3.8, 4) is 11.5 Å². The lowest BCUT2D eigenvalue weighted by atomic mass is 9.87. The van der Waals surface area contributed by atoms with Crippen LogP contribution in [0.25, 0.3) is 23.3 Å². The normalized spacial score (nSPS) is 16.7. The molecule has 4 heterocycles. The largest absolute Gasteiger partial charge is 0.456 e. The Hall–Kier alpha value is -5.01. The van der Waals surface area contributed by atoms with Gasteiger partial charge < -0.3 is 19.5 Å². The smallest absolute Gasteiger partial charge is 0.333 e. The van der Waals surface area contributed by atoms with Crippen LogP contribution >= 0.6 is 0 Å². The van der Waals surface area contributed by atoms with Crippen LogP contribution in [0.15, 0.2) is 48.8 Å². The number of carbonyl (C=O) groups is 3.